The minimum Gasteiger partial charge on any atom is -0.376 e. The molecule has 1 aromatic carbocycles. The molecule has 2 N–H and O–H groups in total. The highest BCUT2D eigenvalue weighted by Crippen LogP contribution is 2.44. The third kappa shape index (κ3) is 4.19. The van der Waals surface area contributed by atoms with Gasteiger partial charge in [0.25, 0.3) is 0 Å². The lowest BCUT2D eigenvalue weighted by Gasteiger charge is -2.20. The number of fused-ring (bicyclic) bond motifs is 3. The van der Waals surface area contributed by atoms with Crippen molar-refractivity contribution in [2.75, 3.05) is 11.9 Å². The van der Waals surface area contributed by atoms with Gasteiger partial charge >= 0.3 is 0 Å². The highest BCUT2D eigenvalue weighted by Gasteiger charge is 2.32. The maximum atomic E-state index is 14.0. The Morgan fingerprint density at radius 2 is 1.84 bits per heavy atom. The molecule has 0 saturated heterocycles. The second-order valence-corrected chi connectivity index (χ2v) is 11.0. The number of hydrogen-bond acceptors (Lipinski definition) is 6. The van der Waals surface area contributed by atoms with E-state index in [1.807, 2.05) is 6.07 Å². The standard InChI is InChI=1S/C23H26FN5O2S/c1-23(2,24)12-28-32(30,31)21-7-15-5-6-19(29-16-9-25-13-26-10-16)22(15)18-11-27-20(8-17(18)21)14-3-4-14/h7-11,13-14,19,28-29H,3-6,12H2,1-2H3. The summed E-state index contributed by atoms with van der Waals surface area (Å²) in [6.45, 7) is 2.43. The average Bonchev–Trinajstić information content (AvgIpc) is 3.53. The minimum absolute atomic E-state index is 0.00145. The Hall–Kier alpha value is -2.65. The van der Waals surface area contributed by atoms with E-state index in [1.165, 1.54) is 20.2 Å². The Balaban J connectivity index is 1.62. The van der Waals surface area contributed by atoms with E-state index in [9.17, 15) is 12.8 Å². The smallest absolute Gasteiger partial charge is 0.241 e. The number of benzene rings is 1. The number of halogens is 1. The summed E-state index contributed by atoms with van der Waals surface area (Å²) in [5.74, 6) is 0.385. The van der Waals surface area contributed by atoms with Gasteiger partial charge in [0.05, 0.1) is 29.0 Å². The zero-order chi connectivity index (χ0) is 22.5. The third-order valence-corrected chi connectivity index (χ3v) is 7.49. The Morgan fingerprint density at radius 1 is 1.09 bits per heavy atom. The highest BCUT2D eigenvalue weighted by molar-refractivity contribution is 7.89. The second kappa shape index (κ2) is 7.74. The topological polar surface area (TPSA) is 96.9 Å². The number of nitrogens with zero attached hydrogens (tertiary/aromatic N) is 3. The normalized spacial score (nSPS) is 18.7. The van der Waals surface area contributed by atoms with Crippen LogP contribution in [0.2, 0.25) is 0 Å². The summed E-state index contributed by atoms with van der Waals surface area (Å²) in [6, 6.07) is 3.66. The molecule has 1 saturated carbocycles. The van der Waals surface area contributed by atoms with E-state index in [-0.39, 0.29) is 17.5 Å². The van der Waals surface area contributed by atoms with Crippen molar-refractivity contribution in [1.29, 1.82) is 0 Å². The zero-order valence-electron chi connectivity index (χ0n) is 18.1. The van der Waals surface area contributed by atoms with Crippen LogP contribution < -0.4 is 10.0 Å². The molecule has 2 heterocycles. The monoisotopic (exact) mass is 455 g/mol. The molecular weight excluding hydrogens is 429 g/mol. The molecule has 0 aliphatic heterocycles. The average molecular weight is 456 g/mol. The van der Waals surface area contributed by atoms with E-state index in [4.69, 9.17) is 0 Å². The predicted octanol–water partition coefficient (Wildman–Crippen LogP) is 4.03. The molecule has 3 aromatic rings. The number of alkyl halides is 1. The summed E-state index contributed by atoms with van der Waals surface area (Å²) in [4.78, 5) is 13.0. The van der Waals surface area contributed by atoms with Crippen LogP contribution in [0.1, 0.15) is 61.9 Å². The van der Waals surface area contributed by atoms with Crippen molar-refractivity contribution in [3.8, 4) is 0 Å². The van der Waals surface area contributed by atoms with Crippen LogP contribution in [0, 0.1) is 0 Å². The fourth-order valence-corrected chi connectivity index (χ4v) is 5.77. The fraction of sp³-hybridized carbons (Fsp3) is 0.435. The first-order valence-electron chi connectivity index (χ1n) is 10.9. The van der Waals surface area contributed by atoms with E-state index in [1.54, 1.807) is 24.7 Å². The summed E-state index contributed by atoms with van der Waals surface area (Å²) in [6.07, 6.45) is 10.4. The van der Waals surface area contributed by atoms with Gasteiger partial charge < -0.3 is 5.32 Å². The maximum absolute atomic E-state index is 14.0. The van der Waals surface area contributed by atoms with Gasteiger partial charge in [0.2, 0.25) is 10.0 Å². The first kappa shape index (κ1) is 21.2. The first-order chi connectivity index (χ1) is 15.2. The summed E-state index contributed by atoms with van der Waals surface area (Å²) in [7, 11) is -3.90. The van der Waals surface area contributed by atoms with Crippen LogP contribution in [-0.4, -0.2) is 35.6 Å². The van der Waals surface area contributed by atoms with Gasteiger partial charge in [-0.2, -0.15) is 0 Å². The highest BCUT2D eigenvalue weighted by atomic mass is 32.2. The Morgan fingerprint density at radius 3 is 2.53 bits per heavy atom. The van der Waals surface area contributed by atoms with Crippen LogP contribution in [0.4, 0.5) is 10.1 Å². The second-order valence-electron chi connectivity index (χ2n) is 9.28. The van der Waals surface area contributed by atoms with Crippen molar-refractivity contribution >= 4 is 26.5 Å². The summed E-state index contributed by atoms with van der Waals surface area (Å²) in [5.41, 5.74) is 2.10. The first-order valence-corrected chi connectivity index (χ1v) is 12.4. The number of aryl methyl sites for hydroxylation is 1. The van der Waals surface area contributed by atoms with Crippen molar-refractivity contribution in [1.82, 2.24) is 19.7 Å². The molecule has 0 radical (unpaired) electrons. The molecule has 0 amide bonds. The van der Waals surface area contributed by atoms with Crippen molar-refractivity contribution in [3.63, 3.8) is 0 Å². The molecule has 1 fully saturated rings. The number of pyridine rings is 1. The van der Waals surface area contributed by atoms with Crippen molar-refractivity contribution in [2.45, 2.75) is 62.1 Å². The number of hydrogen-bond donors (Lipinski definition) is 2. The quantitative estimate of drug-likeness (QED) is 0.558. The van der Waals surface area contributed by atoms with Crippen LogP contribution in [-0.2, 0) is 16.4 Å². The lowest BCUT2D eigenvalue weighted by Crippen LogP contribution is -2.35. The molecule has 2 aliphatic rings. The van der Waals surface area contributed by atoms with E-state index >= 15 is 0 Å². The van der Waals surface area contributed by atoms with Gasteiger partial charge in [-0.15, -0.1) is 0 Å². The summed E-state index contributed by atoms with van der Waals surface area (Å²) in [5, 5.41) is 4.93. The number of rotatable bonds is 7. The summed E-state index contributed by atoms with van der Waals surface area (Å²) >= 11 is 0. The molecule has 9 heteroatoms. The van der Waals surface area contributed by atoms with Crippen molar-refractivity contribution in [2.24, 2.45) is 0 Å². The van der Waals surface area contributed by atoms with Gasteiger partial charge in [0.15, 0.2) is 0 Å². The van der Waals surface area contributed by atoms with E-state index in [0.29, 0.717) is 11.3 Å². The summed E-state index contributed by atoms with van der Waals surface area (Å²) < 4.78 is 43.0. The molecule has 2 aliphatic carbocycles. The third-order valence-electron chi connectivity index (χ3n) is 6.05. The van der Waals surface area contributed by atoms with Crippen LogP contribution in [0.15, 0.2) is 41.9 Å². The Labute approximate surface area is 186 Å². The molecule has 5 rings (SSSR count). The zero-order valence-corrected chi connectivity index (χ0v) is 18.9. The van der Waals surface area contributed by atoms with Crippen LogP contribution in [0.3, 0.4) is 0 Å². The molecule has 0 spiro atoms. The number of anilines is 1. The Bertz CT molecular complexity index is 1270. The molecule has 1 unspecified atom stereocenters. The SMILES string of the molecule is CC(C)(F)CNS(=O)(=O)c1cc2c(c3cnc(C4CC4)cc13)C(Nc1cncnc1)CC2. The molecule has 32 heavy (non-hydrogen) atoms. The lowest BCUT2D eigenvalue weighted by molar-refractivity contribution is 0.221. The molecule has 0 bridgehead atoms. The predicted molar refractivity (Wildman–Crippen MR) is 121 cm³/mol. The molecule has 7 nitrogen and oxygen atoms in total. The van der Waals surface area contributed by atoms with Crippen LogP contribution >= 0.6 is 0 Å². The Kier molecular flexibility index (Phi) is 5.13. The largest absolute Gasteiger partial charge is 0.376 e. The van der Waals surface area contributed by atoms with Crippen molar-refractivity contribution in [3.05, 3.63) is 53.9 Å². The number of sulfonamides is 1. The van der Waals surface area contributed by atoms with Gasteiger partial charge in [0.1, 0.15) is 12.0 Å². The molecule has 2 aromatic heterocycles. The van der Waals surface area contributed by atoms with Crippen LogP contribution in [0.5, 0.6) is 0 Å². The van der Waals surface area contributed by atoms with Crippen LogP contribution in [0.25, 0.3) is 10.8 Å². The number of nitrogens with one attached hydrogen (secondary N) is 2. The van der Waals surface area contributed by atoms with Gasteiger partial charge in [-0.3, -0.25) is 4.98 Å². The van der Waals surface area contributed by atoms with Gasteiger partial charge in [-0.25, -0.2) is 27.5 Å². The lowest BCUT2D eigenvalue weighted by atomic mass is 9.99. The van der Waals surface area contributed by atoms with E-state index in [2.05, 4.69) is 25.0 Å². The maximum Gasteiger partial charge on any atom is 0.241 e. The van der Waals surface area contributed by atoms with Gasteiger partial charge in [-0.05, 0) is 62.8 Å². The van der Waals surface area contributed by atoms with Gasteiger partial charge in [-0.1, -0.05) is 0 Å². The minimum atomic E-state index is -3.90. The van der Waals surface area contributed by atoms with E-state index in [0.717, 1.165) is 53.6 Å². The van der Waals surface area contributed by atoms with Gasteiger partial charge in [0, 0.05) is 35.1 Å². The van der Waals surface area contributed by atoms with E-state index < -0.39 is 15.7 Å². The molecule has 1 atom stereocenters. The van der Waals surface area contributed by atoms with Crippen molar-refractivity contribution < 1.29 is 12.8 Å². The molecule has 168 valence electrons. The fourth-order valence-electron chi connectivity index (χ4n) is 4.33. The number of aromatic nitrogens is 3. The molecular formula is C23H26FN5O2S.